The smallest absolute Gasteiger partial charge is 0.394 e. The van der Waals surface area contributed by atoms with E-state index in [0.717, 1.165) is 49.1 Å². The molecule has 4 unspecified atom stereocenters. The zero-order valence-corrected chi connectivity index (χ0v) is 54.3. The Bertz CT molecular complexity index is 4620. The second-order valence-electron chi connectivity index (χ2n) is 22.8. The number of nitrogens with one attached hydrogen (secondary N) is 5. The maximum absolute atomic E-state index is 14.1. The molecule has 20 atom stereocenters. The third kappa shape index (κ3) is 17.1. The summed E-state index contributed by atoms with van der Waals surface area (Å²) < 4.78 is 131. The van der Waals surface area contributed by atoms with E-state index in [1.54, 1.807) is 0 Å². The van der Waals surface area contributed by atoms with E-state index in [-0.39, 0.29) is 28.7 Å². The van der Waals surface area contributed by atoms with Gasteiger partial charge in [0.1, 0.15) is 86.0 Å². The molecule has 0 saturated carbocycles. The highest BCUT2D eigenvalue weighted by Gasteiger charge is 2.52. The molecule has 534 valence electrons. The third-order valence-corrected chi connectivity index (χ3v) is 19.9. The van der Waals surface area contributed by atoms with Crippen molar-refractivity contribution in [3.05, 3.63) is 163 Å². The van der Waals surface area contributed by atoms with Crippen LogP contribution in [0.25, 0.3) is 0 Å². The van der Waals surface area contributed by atoms with Crippen LogP contribution in [0.5, 0.6) is 0 Å². The number of aromatic amines is 5. The number of nitrogens with zero attached hydrogens (tertiary/aromatic N) is 5. The molecular formula is C49H64N10O34P4. The Morgan fingerprint density at radius 3 is 1.08 bits per heavy atom. The van der Waals surface area contributed by atoms with Gasteiger partial charge >= 0.3 is 59.7 Å². The molecule has 5 aliphatic rings. The molecule has 10 heterocycles. The SMILES string of the molecule is Cc1cn([C@H]2C[C@H](OP(=O)(O)OC[C@H]3O[C@@H](n4cc(C)c(=O)[nH]c4=O)C[C@@H]3OP(=O)(O)OC[C@H]3O[C@@H](n4cc(C)c(=O)[nH]c4=O)C[C@@H]3OP(=O)(O)OC[C@H]3O[C@@H](n4cc(C)c(=O)[nH]c4=O)C[C@@H]3O)[C@@H](COP(=O)(O)O[C@H]3[C@@H](O)[C@H](n4ccc(=O)[nH]c4=O)O[C@@H]3CO)O2)c(=O)[nH]c1=O. The number of aliphatic hydroxyl groups is 3. The predicted molar refractivity (Wildman–Crippen MR) is 315 cm³/mol. The molecule has 0 radical (unpaired) electrons. The first-order valence-electron chi connectivity index (χ1n) is 28.9. The van der Waals surface area contributed by atoms with Gasteiger partial charge in [-0.15, -0.1) is 0 Å². The van der Waals surface area contributed by atoms with Crippen molar-refractivity contribution in [3.8, 4) is 0 Å². The van der Waals surface area contributed by atoms with Gasteiger partial charge < -0.3 is 58.6 Å². The summed E-state index contributed by atoms with van der Waals surface area (Å²) in [6, 6.07) is 0.891. The molecule has 5 aromatic rings. The number of H-pyrrole nitrogens is 5. The summed E-state index contributed by atoms with van der Waals surface area (Å²) in [6.45, 7) is 0.106. The number of hydrogen-bond acceptors (Lipinski definition) is 30. The second kappa shape index (κ2) is 29.0. The van der Waals surface area contributed by atoms with Crippen molar-refractivity contribution in [2.45, 2.75) is 152 Å². The molecule has 97 heavy (non-hydrogen) atoms. The number of phosphoric acid groups is 4. The molecule has 0 aliphatic carbocycles. The lowest BCUT2D eigenvalue weighted by atomic mass is 10.1. The van der Waals surface area contributed by atoms with Crippen LogP contribution in [-0.4, -0.2) is 183 Å². The summed E-state index contributed by atoms with van der Waals surface area (Å²) in [5, 5.41) is 31.9. The first-order valence-corrected chi connectivity index (χ1v) is 34.9. The Morgan fingerprint density at radius 2 is 0.742 bits per heavy atom. The van der Waals surface area contributed by atoms with E-state index in [9.17, 15) is 101 Å². The van der Waals surface area contributed by atoms with Crippen LogP contribution in [-0.2, 0) is 78.1 Å². The Hall–Kier alpha value is -6.48. The lowest BCUT2D eigenvalue weighted by molar-refractivity contribution is -0.0651. The Balaban J connectivity index is 0.839. The van der Waals surface area contributed by atoms with Crippen LogP contribution in [0.2, 0.25) is 0 Å². The van der Waals surface area contributed by atoms with E-state index in [1.807, 2.05) is 15.0 Å². The molecular weight excluding hydrogens is 1400 g/mol. The monoisotopic (exact) mass is 1460 g/mol. The minimum atomic E-state index is -5.61. The van der Waals surface area contributed by atoms with Crippen LogP contribution < -0.4 is 56.2 Å². The van der Waals surface area contributed by atoms with E-state index < -0.39 is 238 Å². The number of ether oxygens (including phenoxy) is 5. The summed E-state index contributed by atoms with van der Waals surface area (Å²) in [4.78, 5) is 180. The van der Waals surface area contributed by atoms with Gasteiger partial charge in [-0.2, -0.15) is 0 Å². The maximum atomic E-state index is 14.1. The average Bonchev–Trinajstić information content (AvgIpc) is 1.67. The average molecular weight is 1460 g/mol. The number of aromatic nitrogens is 10. The number of hydrogen-bond donors (Lipinski definition) is 12. The predicted octanol–water partition coefficient (Wildman–Crippen LogP) is -4.26. The quantitative estimate of drug-likeness (QED) is 0.0233. The molecule has 0 spiro atoms. The van der Waals surface area contributed by atoms with Crippen molar-refractivity contribution in [1.29, 1.82) is 0 Å². The summed E-state index contributed by atoms with van der Waals surface area (Å²) in [7, 11) is -22.0. The summed E-state index contributed by atoms with van der Waals surface area (Å²) in [6.07, 6.45) is -23.2. The van der Waals surface area contributed by atoms with Crippen LogP contribution in [0.1, 0.15) is 79.1 Å². The minimum Gasteiger partial charge on any atom is -0.394 e. The van der Waals surface area contributed by atoms with Gasteiger partial charge in [-0.05, 0) is 27.7 Å². The molecule has 0 bridgehead atoms. The highest BCUT2D eigenvalue weighted by Crippen LogP contribution is 2.55. The molecule has 48 heteroatoms. The van der Waals surface area contributed by atoms with Crippen LogP contribution in [0.15, 0.2) is 85.0 Å². The van der Waals surface area contributed by atoms with E-state index in [0.29, 0.717) is 4.57 Å². The van der Waals surface area contributed by atoms with E-state index >= 15 is 0 Å². The van der Waals surface area contributed by atoms with Crippen molar-refractivity contribution in [3.63, 3.8) is 0 Å². The molecule has 0 amide bonds. The van der Waals surface area contributed by atoms with Gasteiger partial charge in [-0.1, -0.05) is 0 Å². The van der Waals surface area contributed by atoms with Crippen molar-refractivity contribution in [2.75, 3.05) is 33.0 Å². The van der Waals surface area contributed by atoms with Crippen molar-refractivity contribution in [2.24, 2.45) is 0 Å². The van der Waals surface area contributed by atoms with Crippen molar-refractivity contribution >= 4 is 31.3 Å². The highest BCUT2D eigenvalue weighted by atomic mass is 31.2. The zero-order chi connectivity index (χ0) is 70.5. The maximum Gasteiger partial charge on any atom is 0.472 e. The summed E-state index contributed by atoms with van der Waals surface area (Å²) >= 11 is 0. The van der Waals surface area contributed by atoms with Gasteiger partial charge in [0.2, 0.25) is 0 Å². The summed E-state index contributed by atoms with van der Waals surface area (Å²) in [5.74, 6) is 0. The van der Waals surface area contributed by atoms with Gasteiger partial charge in [-0.25, -0.2) is 42.2 Å². The fourth-order valence-electron chi connectivity index (χ4n) is 10.9. The first kappa shape index (κ1) is 73.2. The Morgan fingerprint density at radius 1 is 0.433 bits per heavy atom. The zero-order valence-electron chi connectivity index (χ0n) is 50.7. The number of rotatable bonds is 26. The van der Waals surface area contributed by atoms with Crippen LogP contribution in [0.4, 0.5) is 0 Å². The largest absolute Gasteiger partial charge is 0.472 e. The Kier molecular flexibility index (Phi) is 21.9. The van der Waals surface area contributed by atoms with Crippen molar-refractivity contribution in [1.82, 2.24) is 47.8 Å². The number of aryl methyl sites for hydroxylation is 4. The molecule has 10 rings (SSSR count). The van der Waals surface area contributed by atoms with E-state index in [2.05, 4.69) is 9.97 Å². The molecule has 5 saturated heterocycles. The topological polar surface area (TPSA) is 604 Å². The van der Waals surface area contributed by atoms with Crippen LogP contribution in [0.3, 0.4) is 0 Å². The lowest BCUT2D eigenvalue weighted by Crippen LogP contribution is -2.38. The lowest BCUT2D eigenvalue weighted by Gasteiger charge is -2.26. The fourth-order valence-corrected chi connectivity index (χ4v) is 14.8. The molecule has 0 aromatic carbocycles. The second-order valence-corrected chi connectivity index (χ2v) is 28.4. The van der Waals surface area contributed by atoms with Gasteiger partial charge in [-0.3, -0.25) is 108 Å². The molecule has 5 aliphatic heterocycles. The number of aliphatic hydroxyl groups excluding tert-OH is 3. The highest BCUT2D eigenvalue weighted by molar-refractivity contribution is 7.48. The van der Waals surface area contributed by atoms with Gasteiger partial charge in [0.05, 0.1) is 39.1 Å². The standard InChI is InChI=1S/C49H64N10O34P4/c1-20-11-56(46(69)51-40(20)64)34-7-24(61)29(85-34)16-81-94(73,74)90-25-8-35(57-12-21(2)41(65)52-47(57)70)86-30(25)17-82-95(75,76)91-26-9-36(58-13-22(3)42(66)53-48(58)71)87-31(26)18-83-96(77,78)92-27-10-37(59-14-23(4)43(67)54-49(59)72)88-32(27)19-84-97(79,80)93-39-28(15-60)89-44(38(39)63)55-6-5-33(62)50-45(55)68/h5-6,11-14,24-32,34-39,44,60-61,63H,7-10,15-19H2,1-4H3,(H,73,74)(H,75,76)(H,77,78)(H,79,80)(H,50,62,68)(H,51,64,69)(H,52,65,70)(H,53,66,71)(H,54,67,72)/t24-,25-,26-,27-,28+,29+,30+,31+,32+,34+,35+,36+,37+,38+,39+,44+/m0/s1. The van der Waals surface area contributed by atoms with Gasteiger partial charge in [0, 0.05) is 85.0 Å². The Labute approximate surface area is 538 Å². The summed E-state index contributed by atoms with van der Waals surface area (Å²) in [5.41, 5.74) is -9.05. The van der Waals surface area contributed by atoms with Gasteiger partial charge in [0.15, 0.2) is 6.23 Å². The fraction of sp³-hybridized carbons (Fsp3) is 0.592. The molecule has 5 fully saturated rings. The third-order valence-electron chi connectivity index (χ3n) is 15.9. The van der Waals surface area contributed by atoms with E-state index in [1.165, 1.54) is 33.9 Å². The normalized spacial score (nSPS) is 30.7. The van der Waals surface area contributed by atoms with Gasteiger partial charge in [0.25, 0.3) is 27.8 Å². The van der Waals surface area contributed by atoms with Crippen LogP contribution >= 0.6 is 31.3 Å². The molecule has 44 nitrogen and oxygen atoms in total. The molecule has 12 N–H and O–H groups in total. The van der Waals surface area contributed by atoms with Crippen molar-refractivity contribution < 1.29 is 113 Å². The minimum absolute atomic E-state index is 0.00944. The molecule has 5 aromatic heterocycles. The first-order chi connectivity index (χ1) is 45.5. The number of phosphoric ester groups is 4. The van der Waals surface area contributed by atoms with E-state index in [4.69, 9.17) is 59.9 Å². The van der Waals surface area contributed by atoms with Crippen LogP contribution in [0, 0.1) is 27.7 Å².